The third kappa shape index (κ3) is 2.39. The first-order valence-corrected chi connectivity index (χ1v) is 7.52. The fourth-order valence-electron chi connectivity index (χ4n) is 3.47. The highest BCUT2D eigenvalue weighted by Gasteiger charge is 2.38. The van der Waals surface area contributed by atoms with E-state index in [0.717, 1.165) is 13.0 Å². The summed E-state index contributed by atoms with van der Waals surface area (Å²) in [4.78, 5) is 8.06. The number of thiazole rings is 1. The molecule has 0 amide bonds. The molecule has 2 aliphatic rings. The number of hydrogen-bond acceptors (Lipinski definition) is 4. The van der Waals surface area contributed by atoms with Crippen molar-refractivity contribution in [1.29, 1.82) is 0 Å². The maximum atomic E-state index is 10.1. The second-order valence-corrected chi connectivity index (χ2v) is 6.28. The van der Waals surface area contributed by atoms with Crippen LogP contribution in [-0.2, 0) is 6.54 Å². The fraction of sp³-hybridized carbons (Fsp3) is 0.769. The van der Waals surface area contributed by atoms with E-state index in [0.29, 0.717) is 12.0 Å². The minimum absolute atomic E-state index is 0.0536. The topological polar surface area (TPSA) is 36.4 Å². The lowest BCUT2D eigenvalue weighted by atomic mass is 9.94. The number of rotatable bonds is 3. The van der Waals surface area contributed by atoms with E-state index < -0.39 is 0 Å². The minimum atomic E-state index is -0.0536. The molecule has 0 spiro atoms. The van der Waals surface area contributed by atoms with Gasteiger partial charge in [-0.3, -0.25) is 9.88 Å². The number of hydrogen-bond donors (Lipinski definition) is 1. The van der Waals surface area contributed by atoms with Gasteiger partial charge in [-0.1, -0.05) is 6.42 Å². The van der Waals surface area contributed by atoms with Crippen LogP contribution in [0.1, 0.15) is 37.0 Å². The average molecular weight is 252 g/mol. The van der Waals surface area contributed by atoms with E-state index in [1.165, 1.54) is 37.1 Å². The van der Waals surface area contributed by atoms with Crippen LogP contribution in [0.5, 0.6) is 0 Å². The summed E-state index contributed by atoms with van der Waals surface area (Å²) in [7, 11) is 0. The summed E-state index contributed by atoms with van der Waals surface area (Å²) in [6.07, 6.45) is 7.90. The molecular formula is C13H20N2OS. The zero-order valence-electron chi connectivity index (χ0n) is 10.1. The quantitative estimate of drug-likeness (QED) is 0.896. The number of aromatic nitrogens is 1. The highest BCUT2D eigenvalue weighted by atomic mass is 32.1. The Kier molecular flexibility index (Phi) is 3.45. The van der Waals surface area contributed by atoms with Gasteiger partial charge in [-0.2, -0.15) is 0 Å². The van der Waals surface area contributed by atoms with Gasteiger partial charge in [0, 0.05) is 29.6 Å². The van der Waals surface area contributed by atoms with E-state index in [2.05, 4.69) is 9.88 Å². The van der Waals surface area contributed by atoms with Crippen molar-refractivity contribution in [3.05, 3.63) is 16.6 Å². The largest absolute Gasteiger partial charge is 0.393 e. The molecule has 1 saturated carbocycles. The molecule has 1 aromatic rings. The second kappa shape index (κ2) is 5.04. The standard InChI is InChI=1S/C13H20N2OS/c16-13-5-1-3-11(13)12-4-2-6-15(12)8-10-7-14-9-17-10/h7,9,11-13,16H,1-6,8H2. The zero-order valence-corrected chi connectivity index (χ0v) is 10.9. The predicted octanol–water partition coefficient (Wildman–Crippen LogP) is 2.27. The van der Waals surface area contributed by atoms with Crippen molar-refractivity contribution in [3.63, 3.8) is 0 Å². The van der Waals surface area contributed by atoms with Gasteiger partial charge >= 0.3 is 0 Å². The Labute approximate surface area is 106 Å². The van der Waals surface area contributed by atoms with E-state index in [4.69, 9.17) is 0 Å². The average Bonchev–Trinajstić information content (AvgIpc) is 3.00. The van der Waals surface area contributed by atoms with Crippen molar-refractivity contribution in [3.8, 4) is 0 Å². The van der Waals surface area contributed by atoms with Crippen LogP contribution in [0.15, 0.2) is 11.7 Å². The molecule has 1 aliphatic heterocycles. The van der Waals surface area contributed by atoms with E-state index >= 15 is 0 Å². The lowest BCUT2D eigenvalue weighted by molar-refractivity contribution is 0.0722. The minimum Gasteiger partial charge on any atom is -0.393 e. The molecule has 17 heavy (non-hydrogen) atoms. The van der Waals surface area contributed by atoms with E-state index in [-0.39, 0.29) is 6.10 Å². The first-order chi connectivity index (χ1) is 8.34. The van der Waals surface area contributed by atoms with Crippen LogP contribution in [0.4, 0.5) is 0 Å². The van der Waals surface area contributed by atoms with Crippen molar-refractivity contribution >= 4 is 11.3 Å². The molecule has 0 aromatic carbocycles. The molecule has 3 rings (SSSR count). The summed E-state index contributed by atoms with van der Waals surface area (Å²) in [5, 5.41) is 10.1. The molecule has 1 aliphatic carbocycles. The highest BCUT2D eigenvalue weighted by Crippen LogP contribution is 2.36. The van der Waals surface area contributed by atoms with Gasteiger partial charge in [0.25, 0.3) is 0 Å². The maximum Gasteiger partial charge on any atom is 0.0794 e. The molecule has 2 fully saturated rings. The molecule has 94 valence electrons. The number of likely N-dealkylation sites (tertiary alicyclic amines) is 1. The van der Waals surface area contributed by atoms with Crippen LogP contribution in [0, 0.1) is 5.92 Å². The Balaban J connectivity index is 1.67. The van der Waals surface area contributed by atoms with Crippen molar-refractivity contribution in [1.82, 2.24) is 9.88 Å². The zero-order chi connectivity index (χ0) is 11.7. The van der Waals surface area contributed by atoms with Crippen molar-refractivity contribution < 1.29 is 5.11 Å². The smallest absolute Gasteiger partial charge is 0.0794 e. The van der Waals surface area contributed by atoms with E-state index in [1.54, 1.807) is 11.3 Å². The lowest BCUT2D eigenvalue weighted by Crippen LogP contribution is -2.38. The SMILES string of the molecule is OC1CCCC1C1CCCN1Cc1cncs1. The third-order valence-electron chi connectivity index (χ3n) is 4.28. The molecule has 1 aromatic heterocycles. The summed E-state index contributed by atoms with van der Waals surface area (Å²) >= 11 is 1.74. The van der Waals surface area contributed by atoms with Crippen LogP contribution in [0.3, 0.4) is 0 Å². The van der Waals surface area contributed by atoms with E-state index in [9.17, 15) is 5.11 Å². The molecule has 3 atom stereocenters. The van der Waals surface area contributed by atoms with Crippen molar-refractivity contribution in [2.75, 3.05) is 6.54 Å². The second-order valence-electron chi connectivity index (χ2n) is 5.31. The van der Waals surface area contributed by atoms with Crippen LogP contribution in [0.2, 0.25) is 0 Å². The molecule has 1 N–H and O–H groups in total. The van der Waals surface area contributed by atoms with Crippen LogP contribution >= 0.6 is 11.3 Å². The van der Waals surface area contributed by atoms with Crippen LogP contribution in [-0.4, -0.2) is 33.7 Å². The molecule has 0 radical (unpaired) electrons. The summed E-state index contributed by atoms with van der Waals surface area (Å²) in [5.41, 5.74) is 1.91. The van der Waals surface area contributed by atoms with Gasteiger partial charge in [-0.25, -0.2) is 0 Å². The van der Waals surface area contributed by atoms with Gasteiger partial charge in [0.2, 0.25) is 0 Å². The Morgan fingerprint density at radius 3 is 3.00 bits per heavy atom. The Hall–Kier alpha value is -0.450. The monoisotopic (exact) mass is 252 g/mol. The Morgan fingerprint density at radius 2 is 2.29 bits per heavy atom. The van der Waals surface area contributed by atoms with Gasteiger partial charge in [0.05, 0.1) is 11.6 Å². The lowest BCUT2D eigenvalue weighted by Gasteiger charge is -2.30. The van der Waals surface area contributed by atoms with Gasteiger partial charge in [-0.15, -0.1) is 11.3 Å². The number of nitrogens with zero attached hydrogens (tertiary/aromatic N) is 2. The molecule has 0 bridgehead atoms. The molecule has 1 saturated heterocycles. The summed E-state index contributed by atoms with van der Waals surface area (Å²) in [6, 6.07) is 0.606. The molecule has 4 heteroatoms. The summed E-state index contributed by atoms with van der Waals surface area (Å²) in [5.74, 6) is 0.519. The maximum absolute atomic E-state index is 10.1. The number of aliphatic hydroxyl groups is 1. The van der Waals surface area contributed by atoms with Crippen LogP contribution < -0.4 is 0 Å². The number of aliphatic hydroxyl groups excluding tert-OH is 1. The molecule has 2 heterocycles. The first kappa shape index (κ1) is 11.6. The van der Waals surface area contributed by atoms with Crippen LogP contribution in [0.25, 0.3) is 0 Å². The van der Waals surface area contributed by atoms with Gasteiger partial charge in [-0.05, 0) is 32.2 Å². The fourth-order valence-corrected chi connectivity index (χ4v) is 4.09. The highest BCUT2D eigenvalue weighted by molar-refractivity contribution is 7.09. The molecular weight excluding hydrogens is 232 g/mol. The van der Waals surface area contributed by atoms with E-state index in [1.807, 2.05) is 11.7 Å². The van der Waals surface area contributed by atoms with Gasteiger partial charge in [0.15, 0.2) is 0 Å². The molecule has 3 unspecified atom stereocenters. The molecule has 3 nitrogen and oxygen atoms in total. The summed E-state index contributed by atoms with van der Waals surface area (Å²) in [6.45, 7) is 2.21. The normalized spacial score (nSPS) is 34.5. The van der Waals surface area contributed by atoms with Crippen molar-refractivity contribution in [2.24, 2.45) is 5.92 Å². The third-order valence-corrected chi connectivity index (χ3v) is 5.05. The van der Waals surface area contributed by atoms with Crippen molar-refractivity contribution in [2.45, 2.75) is 50.8 Å². The van der Waals surface area contributed by atoms with Gasteiger partial charge in [0.1, 0.15) is 0 Å². The Bertz CT molecular complexity index is 354. The predicted molar refractivity (Wildman–Crippen MR) is 68.9 cm³/mol. The van der Waals surface area contributed by atoms with Gasteiger partial charge < -0.3 is 5.11 Å². The Morgan fingerprint density at radius 1 is 1.35 bits per heavy atom. The summed E-state index contributed by atoms with van der Waals surface area (Å²) < 4.78 is 0. The first-order valence-electron chi connectivity index (χ1n) is 6.64.